The Labute approximate surface area is 117 Å². The molecule has 4 nitrogen and oxygen atoms in total. The summed E-state index contributed by atoms with van der Waals surface area (Å²) in [7, 11) is 0. The normalized spacial score (nSPS) is 12.2. The van der Waals surface area contributed by atoms with E-state index < -0.39 is 0 Å². The predicted octanol–water partition coefficient (Wildman–Crippen LogP) is 2.80. The Bertz CT molecular complexity index is 578. The van der Waals surface area contributed by atoms with Crippen molar-refractivity contribution in [1.82, 2.24) is 4.57 Å². The van der Waals surface area contributed by atoms with Crippen LogP contribution in [0.15, 0.2) is 42.7 Å². The lowest BCUT2D eigenvalue weighted by atomic mass is 10.2. The van der Waals surface area contributed by atoms with Crippen LogP contribution in [0.25, 0.3) is 0 Å². The highest BCUT2D eigenvalue weighted by atomic mass is 35.5. The number of nitrogens with two attached hydrogens (primary N) is 1. The fraction of sp³-hybridized carbons (Fsp3) is 0.214. The third-order valence-corrected chi connectivity index (χ3v) is 2.97. The van der Waals surface area contributed by atoms with Gasteiger partial charge in [0.2, 0.25) is 5.91 Å². The van der Waals surface area contributed by atoms with Gasteiger partial charge in [-0.3, -0.25) is 4.79 Å². The van der Waals surface area contributed by atoms with Crippen LogP contribution < -0.4 is 11.1 Å². The number of carbonyl (C=O) groups excluding carboxylic acids is 1. The van der Waals surface area contributed by atoms with Crippen molar-refractivity contribution in [1.29, 1.82) is 0 Å². The van der Waals surface area contributed by atoms with Crippen molar-refractivity contribution in [3.05, 3.63) is 53.3 Å². The number of nitrogens with zero attached hydrogens (tertiary/aromatic N) is 1. The van der Waals surface area contributed by atoms with Gasteiger partial charge in [-0.2, -0.15) is 0 Å². The van der Waals surface area contributed by atoms with Crippen molar-refractivity contribution in [2.24, 2.45) is 5.73 Å². The molecule has 2 aromatic rings. The zero-order valence-corrected chi connectivity index (χ0v) is 11.4. The first-order valence-electron chi connectivity index (χ1n) is 6.01. The van der Waals surface area contributed by atoms with Crippen molar-refractivity contribution < 1.29 is 4.79 Å². The van der Waals surface area contributed by atoms with Gasteiger partial charge in [0.25, 0.3) is 0 Å². The summed E-state index contributed by atoms with van der Waals surface area (Å²) >= 11 is 5.86. The van der Waals surface area contributed by atoms with Gasteiger partial charge in [0.1, 0.15) is 6.54 Å². The third kappa shape index (κ3) is 3.84. The molecule has 2 rings (SSSR count). The maximum absolute atomic E-state index is 11.9. The molecule has 0 saturated carbocycles. The summed E-state index contributed by atoms with van der Waals surface area (Å²) in [5.41, 5.74) is 7.47. The van der Waals surface area contributed by atoms with E-state index in [1.165, 1.54) is 0 Å². The number of amides is 1. The highest BCUT2D eigenvalue weighted by molar-refractivity contribution is 6.30. The van der Waals surface area contributed by atoms with Gasteiger partial charge >= 0.3 is 0 Å². The second kappa shape index (κ2) is 5.91. The maximum atomic E-state index is 11.9. The van der Waals surface area contributed by atoms with Crippen molar-refractivity contribution in [3.8, 4) is 0 Å². The Morgan fingerprint density at radius 3 is 2.89 bits per heavy atom. The Balaban J connectivity index is 1.97. The highest BCUT2D eigenvalue weighted by Crippen LogP contribution is 2.15. The molecule has 19 heavy (non-hydrogen) atoms. The van der Waals surface area contributed by atoms with E-state index in [0.29, 0.717) is 10.7 Å². The van der Waals surface area contributed by atoms with Gasteiger partial charge in [-0.15, -0.1) is 0 Å². The van der Waals surface area contributed by atoms with Crippen molar-refractivity contribution in [2.75, 3.05) is 5.32 Å². The number of anilines is 1. The highest BCUT2D eigenvalue weighted by Gasteiger charge is 2.06. The number of benzene rings is 1. The van der Waals surface area contributed by atoms with Crippen LogP contribution in [0.4, 0.5) is 5.69 Å². The zero-order valence-electron chi connectivity index (χ0n) is 10.6. The summed E-state index contributed by atoms with van der Waals surface area (Å²) in [6.45, 7) is 2.16. The molecule has 1 unspecified atom stereocenters. The fourth-order valence-corrected chi connectivity index (χ4v) is 1.95. The van der Waals surface area contributed by atoms with Gasteiger partial charge in [-0.1, -0.05) is 17.7 Å². The van der Waals surface area contributed by atoms with Gasteiger partial charge in [0.05, 0.1) is 0 Å². The summed E-state index contributed by atoms with van der Waals surface area (Å²) in [5, 5.41) is 3.39. The summed E-state index contributed by atoms with van der Waals surface area (Å²) in [6, 6.07) is 8.95. The molecule has 0 spiro atoms. The predicted molar refractivity (Wildman–Crippen MR) is 77.1 cm³/mol. The Kier molecular flexibility index (Phi) is 4.24. The Morgan fingerprint density at radius 1 is 1.47 bits per heavy atom. The molecule has 0 bridgehead atoms. The molecule has 0 fully saturated rings. The first-order chi connectivity index (χ1) is 9.04. The maximum Gasteiger partial charge on any atom is 0.244 e. The lowest BCUT2D eigenvalue weighted by molar-refractivity contribution is -0.116. The summed E-state index contributed by atoms with van der Waals surface area (Å²) in [6.07, 6.45) is 3.72. The SMILES string of the molecule is CC(N)c1ccn(CC(=O)Nc2cccc(Cl)c2)c1. The van der Waals surface area contributed by atoms with E-state index in [1.54, 1.807) is 28.8 Å². The van der Waals surface area contributed by atoms with Gasteiger partial charge in [0.15, 0.2) is 0 Å². The monoisotopic (exact) mass is 277 g/mol. The summed E-state index contributed by atoms with van der Waals surface area (Å²) in [5.74, 6) is -0.103. The number of hydrogen-bond donors (Lipinski definition) is 2. The van der Waals surface area contributed by atoms with Crippen LogP contribution >= 0.6 is 11.6 Å². The summed E-state index contributed by atoms with van der Waals surface area (Å²) < 4.78 is 1.80. The molecule has 1 heterocycles. The zero-order chi connectivity index (χ0) is 13.8. The number of aromatic nitrogens is 1. The molecule has 0 aliphatic heterocycles. The van der Waals surface area contributed by atoms with E-state index in [4.69, 9.17) is 17.3 Å². The molecule has 1 aromatic carbocycles. The van der Waals surface area contributed by atoms with Crippen LogP contribution in [-0.2, 0) is 11.3 Å². The minimum absolute atomic E-state index is 0.0303. The molecular weight excluding hydrogens is 262 g/mol. The van der Waals surface area contributed by atoms with Crippen LogP contribution in [0.1, 0.15) is 18.5 Å². The Morgan fingerprint density at radius 2 is 2.26 bits per heavy atom. The largest absolute Gasteiger partial charge is 0.345 e. The van der Waals surface area contributed by atoms with E-state index in [2.05, 4.69) is 5.32 Å². The van der Waals surface area contributed by atoms with Gasteiger partial charge in [-0.25, -0.2) is 0 Å². The second-order valence-corrected chi connectivity index (χ2v) is 4.90. The van der Waals surface area contributed by atoms with Gasteiger partial charge in [-0.05, 0) is 36.8 Å². The summed E-state index contributed by atoms with van der Waals surface area (Å²) in [4.78, 5) is 11.9. The molecule has 0 aliphatic carbocycles. The minimum atomic E-state index is -0.103. The van der Waals surface area contributed by atoms with Crippen LogP contribution in [0.2, 0.25) is 5.02 Å². The van der Waals surface area contributed by atoms with Crippen molar-refractivity contribution >= 4 is 23.2 Å². The quantitative estimate of drug-likeness (QED) is 0.903. The van der Waals surface area contributed by atoms with Crippen LogP contribution in [0, 0.1) is 0 Å². The van der Waals surface area contributed by atoms with Crippen molar-refractivity contribution in [3.63, 3.8) is 0 Å². The molecule has 5 heteroatoms. The number of rotatable bonds is 4. The van der Waals surface area contributed by atoms with Crippen LogP contribution in [0.5, 0.6) is 0 Å². The first kappa shape index (κ1) is 13.6. The average molecular weight is 278 g/mol. The van der Waals surface area contributed by atoms with E-state index in [9.17, 15) is 4.79 Å². The molecule has 1 aromatic heterocycles. The minimum Gasteiger partial charge on any atom is -0.345 e. The van der Waals surface area contributed by atoms with E-state index >= 15 is 0 Å². The van der Waals surface area contributed by atoms with Crippen LogP contribution in [0.3, 0.4) is 0 Å². The Hall–Kier alpha value is -1.78. The van der Waals surface area contributed by atoms with E-state index in [-0.39, 0.29) is 18.5 Å². The van der Waals surface area contributed by atoms with E-state index in [0.717, 1.165) is 5.56 Å². The van der Waals surface area contributed by atoms with Gasteiger partial charge < -0.3 is 15.6 Å². The molecule has 1 amide bonds. The lowest BCUT2D eigenvalue weighted by Crippen LogP contribution is -2.17. The fourth-order valence-electron chi connectivity index (χ4n) is 1.76. The molecule has 3 N–H and O–H groups in total. The molecule has 0 saturated heterocycles. The van der Waals surface area contributed by atoms with E-state index in [1.807, 2.05) is 25.4 Å². The molecular formula is C14H16ClN3O. The molecule has 100 valence electrons. The first-order valence-corrected chi connectivity index (χ1v) is 6.39. The second-order valence-electron chi connectivity index (χ2n) is 4.46. The van der Waals surface area contributed by atoms with Crippen LogP contribution in [-0.4, -0.2) is 10.5 Å². The lowest BCUT2D eigenvalue weighted by Gasteiger charge is -2.06. The topological polar surface area (TPSA) is 60.0 Å². The average Bonchev–Trinajstić information content (AvgIpc) is 2.77. The molecule has 1 atom stereocenters. The van der Waals surface area contributed by atoms with Crippen molar-refractivity contribution in [2.45, 2.75) is 19.5 Å². The molecule has 0 aliphatic rings. The van der Waals surface area contributed by atoms with Gasteiger partial charge in [0, 0.05) is 29.1 Å². The third-order valence-electron chi connectivity index (χ3n) is 2.73. The molecule has 0 radical (unpaired) electrons. The number of halogens is 1. The smallest absolute Gasteiger partial charge is 0.244 e. The number of nitrogens with one attached hydrogen (secondary N) is 1. The standard InChI is InChI=1S/C14H16ClN3O/c1-10(16)11-5-6-18(8-11)9-14(19)17-13-4-2-3-12(15)7-13/h2-8,10H,9,16H2,1H3,(H,17,19). The number of carbonyl (C=O) groups is 1. The number of hydrogen-bond acceptors (Lipinski definition) is 2.